The Morgan fingerprint density at radius 3 is 1.60 bits per heavy atom. The molecule has 156 valence electrons. The van der Waals surface area contributed by atoms with Crippen molar-refractivity contribution in [2.24, 2.45) is 0 Å². The maximum absolute atomic E-state index is 5.84. The molecule has 0 aliphatic carbocycles. The van der Waals surface area contributed by atoms with Gasteiger partial charge in [0.05, 0.1) is 14.2 Å². The molecule has 0 spiro atoms. The third kappa shape index (κ3) is 5.51. The van der Waals surface area contributed by atoms with Crippen LogP contribution in [0.4, 0.5) is 5.69 Å². The molecule has 3 rings (SSSR count). The van der Waals surface area contributed by atoms with Crippen LogP contribution in [0, 0.1) is 13.8 Å². The molecule has 0 aliphatic rings. The molecular weight excluding hydrogens is 392 g/mol. The Hall–Kier alpha value is -3.05. The second-order valence-electron chi connectivity index (χ2n) is 7.25. The van der Waals surface area contributed by atoms with Crippen molar-refractivity contribution in [3.63, 3.8) is 0 Å². The summed E-state index contributed by atoms with van der Waals surface area (Å²) in [5.41, 5.74) is 5.74. The van der Waals surface area contributed by atoms with E-state index in [1.165, 1.54) is 11.1 Å². The molecule has 4 nitrogen and oxygen atoms in total. The average Bonchev–Trinajstić information content (AvgIpc) is 2.77. The minimum absolute atomic E-state index is 0.687. The standard InChI is InChI=1S/C25H28N2O2S/c1-18-6-5-7-19(2)24(18)26-25(30)27(16-20-8-12-22(28-3)13-9-20)17-21-10-14-23(29-4)15-11-21/h5-15H,16-17H2,1-4H3,(H,26,30). The van der Waals surface area contributed by atoms with Crippen LogP contribution in [-0.4, -0.2) is 24.2 Å². The highest BCUT2D eigenvalue weighted by Gasteiger charge is 2.14. The van der Waals surface area contributed by atoms with Crippen LogP contribution in [0.25, 0.3) is 0 Å². The Balaban J connectivity index is 1.83. The van der Waals surface area contributed by atoms with Crippen LogP contribution in [0.2, 0.25) is 0 Å². The van der Waals surface area contributed by atoms with Crippen LogP contribution in [0.15, 0.2) is 66.7 Å². The van der Waals surface area contributed by atoms with Gasteiger partial charge in [-0.2, -0.15) is 0 Å². The van der Waals surface area contributed by atoms with E-state index in [1.54, 1.807) is 14.2 Å². The van der Waals surface area contributed by atoms with Gasteiger partial charge < -0.3 is 19.7 Å². The van der Waals surface area contributed by atoms with Gasteiger partial charge in [-0.1, -0.05) is 42.5 Å². The van der Waals surface area contributed by atoms with Crippen molar-refractivity contribution < 1.29 is 9.47 Å². The van der Waals surface area contributed by atoms with Gasteiger partial charge in [0, 0.05) is 18.8 Å². The van der Waals surface area contributed by atoms with E-state index >= 15 is 0 Å². The maximum atomic E-state index is 5.84. The Morgan fingerprint density at radius 1 is 0.767 bits per heavy atom. The molecule has 0 heterocycles. The minimum atomic E-state index is 0.687. The average molecular weight is 421 g/mol. The van der Waals surface area contributed by atoms with E-state index in [0.29, 0.717) is 18.2 Å². The van der Waals surface area contributed by atoms with Crippen molar-refractivity contribution in [3.8, 4) is 11.5 Å². The van der Waals surface area contributed by atoms with E-state index in [1.807, 2.05) is 24.3 Å². The van der Waals surface area contributed by atoms with E-state index in [9.17, 15) is 0 Å². The number of para-hydroxylation sites is 1. The van der Waals surface area contributed by atoms with Gasteiger partial charge in [0.25, 0.3) is 0 Å². The number of aryl methyl sites for hydroxylation is 2. The zero-order valence-electron chi connectivity index (χ0n) is 17.9. The molecule has 5 heteroatoms. The highest BCUT2D eigenvalue weighted by atomic mass is 32.1. The number of rotatable bonds is 7. The van der Waals surface area contributed by atoms with Crippen molar-refractivity contribution in [1.82, 2.24) is 4.90 Å². The summed E-state index contributed by atoms with van der Waals surface area (Å²) in [5.74, 6) is 1.69. The van der Waals surface area contributed by atoms with Crippen LogP contribution >= 0.6 is 12.2 Å². The Labute approximate surface area is 184 Å². The molecule has 30 heavy (non-hydrogen) atoms. The Kier molecular flexibility index (Phi) is 7.31. The molecule has 0 amide bonds. The summed E-state index contributed by atoms with van der Waals surface area (Å²) in [6.45, 7) is 5.56. The first-order valence-corrected chi connectivity index (χ1v) is 10.3. The zero-order chi connectivity index (χ0) is 21.5. The highest BCUT2D eigenvalue weighted by molar-refractivity contribution is 7.80. The second-order valence-corrected chi connectivity index (χ2v) is 7.64. The molecule has 0 radical (unpaired) electrons. The van der Waals surface area contributed by atoms with Gasteiger partial charge in [0.15, 0.2) is 5.11 Å². The molecule has 1 N–H and O–H groups in total. The van der Waals surface area contributed by atoms with Gasteiger partial charge in [-0.3, -0.25) is 0 Å². The van der Waals surface area contributed by atoms with Crippen molar-refractivity contribution in [2.75, 3.05) is 19.5 Å². The van der Waals surface area contributed by atoms with Crippen molar-refractivity contribution in [3.05, 3.63) is 89.0 Å². The molecule has 0 bridgehead atoms. The van der Waals surface area contributed by atoms with Crippen molar-refractivity contribution >= 4 is 23.0 Å². The predicted molar refractivity (Wildman–Crippen MR) is 127 cm³/mol. The number of ether oxygens (including phenoxy) is 2. The lowest BCUT2D eigenvalue weighted by atomic mass is 10.1. The third-order valence-electron chi connectivity index (χ3n) is 5.07. The summed E-state index contributed by atoms with van der Waals surface area (Å²) in [4.78, 5) is 2.17. The fourth-order valence-electron chi connectivity index (χ4n) is 3.30. The van der Waals surface area contributed by atoms with Crippen LogP contribution in [-0.2, 0) is 13.1 Å². The van der Waals surface area contributed by atoms with Gasteiger partial charge >= 0.3 is 0 Å². The van der Waals surface area contributed by atoms with Crippen LogP contribution in [0.1, 0.15) is 22.3 Å². The molecule has 0 fully saturated rings. The van der Waals surface area contributed by atoms with E-state index < -0.39 is 0 Å². The Morgan fingerprint density at radius 2 is 1.20 bits per heavy atom. The van der Waals surface area contributed by atoms with Gasteiger partial charge in [0.2, 0.25) is 0 Å². The largest absolute Gasteiger partial charge is 0.497 e. The number of nitrogens with zero attached hydrogens (tertiary/aromatic N) is 1. The molecule has 3 aromatic rings. The molecular formula is C25H28N2O2S. The number of nitrogens with one attached hydrogen (secondary N) is 1. The monoisotopic (exact) mass is 420 g/mol. The molecule has 3 aromatic carbocycles. The van der Waals surface area contributed by atoms with Crippen LogP contribution < -0.4 is 14.8 Å². The van der Waals surface area contributed by atoms with E-state index in [4.69, 9.17) is 21.7 Å². The fraction of sp³-hybridized carbons (Fsp3) is 0.240. The van der Waals surface area contributed by atoms with E-state index in [0.717, 1.165) is 28.3 Å². The summed E-state index contributed by atoms with van der Waals surface area (Å²) in [6, 6.07) is 22.4. The summed E-state index contributed by atoms with van der Waals surface area (Å²) < 4.78 is 10.6. The number of benzene rings is 3. The number of hydrogen-bond donors (Lipinski definition) is 1. The lowest BCUT2D eigenvalue weighted by molar-refractivity contribution is 0.404. The number of anilines is 1. The van der Waals surface area contributed by atoms with Gasteiger partial charge in [0.1, 0.15) is 11.5 Å². The van der Waals surface area contributed by atoms with Gasteiger partial charge in [-0.15, -0.1) is 0 Å². The van der Waals surface area contributed by atoms with Crippen molar-refractivity contribution in [1.29, 1.82) is 0 Å². The number of hydrogen-bond acceptors (Lipinski definition) is 3. The first kappa shape index (κ1) is 21.7. The molecule has 0 unspecified atom stereocenters. The predicted octanol–water partition coefficient (Wildman–Crippen LogP) is 5.72. The number of methoxy groups -OCH3 is 2. The topological polar surface area (TPSA) is 33.7 Å². The molecule has 0 aromatic heterocycles. The summed E-state index contributed by atoms with van der Waals surface area (Å²) in [7, 11) is 3.35. The molecule has 0 aliphatic heterocycles. The fourth-order valence-corrected chi connectivity index (χ4v) is 3.53. The highest BCUT2D eigenvalue weighted by Crippen LogP contribution is 2.22. The molecule has 0 saturated heterocycles. The molecule has 0 atom stereocenters. The van der Waals surface area contributed by atoms with E-state index in [-0.39, 0.29) is 0 Å². The summed E-state index contributed by atoms with van der Waals surface area (Å²) >= 11 is 5.84. The van der Waals surface area contributed by atoms with E-state index in [2.05, 4.69) is 66.5 Å². The zero-order valence-corrected chi connectivity index (χ0v) is 18.8. The summed E-state index contributed by atoms with van der Waals surface area (Å²) in [5, 5.41) is 4.17. The van der Waals surface area contributed by atoms with Crippen LogP contribution in [0.3, 0.4) is 0 Å². The smallest absolute Gasteiger partial charge is 0.174 e. The minimum Gasteiger partial charge on any atom is -0.497 e. The SMILES string of the molecule is COc1ccc(CN(Cc2ccc(OC)cc2)C(=S)Nc2c(C)cccc2C)cc1. The lowest BCUT2D eigenvalue weighted by Gasteiger charge is -2.27. The second kappa shape index (κ2) is 10.1. The van der Waals surface area contributed by atoms with Gasteiger partial charge in [-0.05, 0) is 72.6 Å². The first-order chi connectivity index (χ1) is 14.5. The molecule has 0 saturated carbocycles. The maximum Gasteiger partial charge on any atom is 0.174 e. The van der Waals surface area contributed by atoms with Gasteiger partial charge in [-0.25, -0.2) is 0 Å². The third-order valence-corrected chi connectivity index (χ3v) is 5.43. The Bertz CT molecular complexity index is 915. The summed E-state index contributed by atoms with van der Waals surface area (Å²) in [6.07, 6.45) is 0. The number of thiocarbonyl (C=S) groups is 1. The normalized spacial score (nSPS) is 10.4. The lowest BCUT2D eigenvalue weighted by Crippen LogP contribution is -2.34. The quantitative estimate of drug-likeness (QED) is 0.495. The van der Waals surface area contributed by atoms with Crippen LogP contribution in [0.5, 0.6) is 11.5 Å². The van der Waals surface area contributed by atoms with Crippen molar-refractivity contribution in [2.45, 2.75) is 26.9 Å². The first-order valence-electron chi connectivity index (χ1n) is 9.88.